The molecule has 0 atom stereocenters. The van der Waals surface area contributed by atoms with Crippen LogP contribution >= 0.6 is 11.6 Å². The lowest BCUT2D eigenvalue weighted by molar-refractivity contribution is 0.568. The molecule has 0 rings (SSSR count). The Bertz CT molecular complexity index is 131. The third kappa shape index (κ3) is 2.21. The van der Waals surface area contributed by atoms with Crippen molar-refractivity contribution < 1.29 is 4.79 Å². The fourth-order valence-electron chi connectivity index (χ4n) is 0.0871. The standard InChI is InChI=1S/C5H5ClO/c1-4(2)5(6)3-7/h1H2,2H3. The molecule has 0 saturated carbocycles. The van der Waals surface area contributed by atoms with E-state index in [4.69, 9.17) is 11.6 Å². The number of hydrogen-bond acceptors (Lipinski definition) is 1. The van der Waals surface area contributed by atoms with E-state index in [2.05, 4.69) is 6.58 Å². The molecule has 0 aromatic heterocycles. The predicted molar refractivity (Wildman–Crippen MR) is 29.9 cm³/mol. The number of hydrogen-bond donors (Lipinski definition) is 0. The third-order valence-electron chi connectivity index (χ3n) is 0.464. The minimum Gasteiger partial charge on any atom is -0.232 e. The normalized spacial score (nSPS) is 7.14. The summed E-state index contributed by atoms with van der Waals surface area (Å²) in [6, 6.07) is 0. The Morgan fingerprint density at radius 3 is 2.29 bits per heavy atom. The molecule has 0 saturated heterocycles. The lowest BCUT2D eigenvalue weighted by atomic mass is 10.3. The molecular weight excluding hydrogens is 112 g/mol. The highest BCUT2D eigenvalue weighted by atomic mass is 35.5. The molecule has 0 aliphatic rings. The molecule has 0 heterocycles. The smallest absolute Gasteiger partial charge is 0.145 e. The van der Waals surface area contributed by atoms with Crippen molar-refractivity contribution in [3.63, 3.8) is 0 Å². The van der Waals surface area contributed by atoms with Crippen molar-refractivity contribution in [3.8, 4) is 0 Å². The van der Waals surface area contributed by atoms with Crippen molar-refractivity contribution in [3.05, 3.63) is 17.2 Å². The summed E-state index contributed by atoms with van der Waals surface area (Å²) in [5.74, 6) is 1.50. The molecule has 2 heteroatoms. The molecule has 0 unspecified atom stereocenters. The Morgan fingerprint density at radius 1 is 1.86 bits per heavy atom. The number of halogens is 1. The molecule has 38 valence electrons. The zero-order valence-electron chi connectivity index (χ0n) is 3.99. The van der Waals surface area contributed by atoms with Crippen LogP contribution in [-0.2, 0) is 4.79 Å². The van der Waals surface area contributed by atoms with Crippen molar-refractivity contribution >= 4 is 17.5 Å². The van der Waals surface area contributed by atoms with E-state index in [9.17, 15) is 4.79 Å². The van der Waals surface area contributed by atoms with Crippen LogP contribution < -0.4 is 0 Å². The molecule has 0 aliphatic heterocycles. The molecule has 0 radical (unpaired) electrons. The van der Waals surface area contributed by atoms with E-state index in [-0.39, 0.29) is 5.03 Å². The fraction of sp³-hybridized carbons (Fsp3) is 0.200. The average molecular weight is 117 g/mol. The van der Waals surface area contributed by atoms with Crippen molar-refractivity contribution in [2.75, 3.05) is 0 Å². The van der Waals surface area contributed by atoms with E-state index in [0.29, 0.717) is 5.57 Å². The van der Waals surface area contributed by atoms with Crippen molar-refractivity contribution in [2.24, 2.45) is 0 Å². The molecular formula is C5H5ClO. The van der Waals surface area contributed by atoms with Gasteiger partial charge in [-0.1, -0.05) is 18.2 Å². The summed E-state index contributed by atoms with van der Waals surface area (Å²) in [6.45, 7) is 5.04. The fourth-order valence-corrected chi connectivity index (χ4v) is 0.0871. The second kappa shape index (κ2) is 2.62. The van der Waals surface area contributed by atoms with Gasteiger partial charge < -0.3 is 0 Å². The maximum Gasteiger partial charge on any atom is 0.145 e. The highest BCUT2D eigenvalue weighted by Gasteiger charge is 1.87. The van der Waals surface area contributed by atoms with Crippen LogP contribution in [0.5, 0.6) is 0 Å². The maximum absolute atomic E-state index is 9.59. The van der Waals surface area contributed by atoms with Crippen molar-refractivity contribution in [1.82, 2.24) is 0 Å². The van der Waals surface area contributed by atoms with Crippen LogP contribution in [0.1, 0.15) is 6.92 Å². The Balaban J connectivity index is 4.10. The zero-order valence-corrected chi connectivity index (χ0v) is 4.75. The van der Waals surface area contributed by atoms with Gasteiger partial charge in [0.25, 0.3) is 0 Å². The number of allylic oxidation sites excluding steroid dienone is 2. The maximum atomic E-state index is 9.59. The number of rotatable bonds is 1. The van der Waals surface area contributed by atoms with E-state index in [0.717, 1.165) is 0 Å². The van der Waals surface area contributed by atoms with E-state index in [1.165, 1.54) is 5.94 Å². The van der Waals surface area contributed by atoms with Gasteiger partial charge in [0, 0.05) is 0 Å². The minimum absolute atomic E-state index is 0.0694. The molecule has 0 amide bonds. The van der Waals surface area contributed by atoms with Gasteiger partial charge in [-0.15, -0.1) is 0 Å². The first kappa shape index (κ1) is 6.48. The van der Waals surface area contributed by atoms with Gasteiger partial charge in [-0.25, -0.2) is 4.79 Å². The summed E-state index contributed by atoms with van der Waals surface area (Å²) in [5, 5.41) is 0.0694. The first-order valence-corrected chi connectivity index (χ1v) is 2.12. The number of carbonyl (C=O) groups excluding carboxylic acids is 1. The van der Waals surface area contributed by atoms with Crippen molar-refractivity contribution in [2.45, 2.75) is 6.92 Å². The molecule has 0 bridgehead atoms. The monoisotopic (exact) mass is 116 g/mol. The second-order valence-corrected chi connectivity index (χ2v) is 1.57. The Labute approximate surface area is 47.3 Å². The van der Waals surface area contributed by atoms with Crippen LogP contribution in [0.4, 0.5) is 0 Å². The third-order valence-corrected chi connectivity index (χ3v) is 0.864. The van der Waals surface area contributed by atoms with E-state index < -0.39 is 0 Å². The Morgan fingerprint density at radius 2 is 2.29 bits per heavy atom. The van der Waals surface area contributed by atoms with Gasteiger partial charge in [0.05, 0.1) is 0 Å². The van der Waals surface area contributed by atoms with E-state index >= 15 is 0 Å². The molecule has 0 spiro atoms. The van der Waals surface area contributed by atoms with Crippen LogP contribution in [0.2, 0.25) is 0 Å². The van der Waals surface area contributed by atoms with Gasteiger partial charge in [0.15, 0.2) is 0 Å². The quantitative estimate of drug-likeness (QED) is 0.375. The van der Waals surface area contributed by atoms with E-state index in [1.807, 2.05) is 0 Å². The summed E-state index contributed by atoms with van der Waals surface area (Å²) in [7, 11) is 0. The molecule has 0 aliphatic carbocycles. The van der Waals surface area contributed by atoms with Crippen molar-refractivity contribution in [1.29, 1.82) is 0 Å². The van der Waals surface area contributed by atoms with Crippen LogP contribution in [0.15, 0.2) is 17.2 Å². The highest BCUT2D eigenvalue weighted by molar-refractivity contribution is 6.35. The van der Waals surface area contributed by atoms with Crippen LogP contribution in [0.3, 0.4) is 0 Å². The van der Waals surface area contributed by atoms with Crippen LogP contribution in [0.25, 0.3) is 0 Å². The largest absolute Gasteiger partial charge is 0.232 e. The van der Waals surface area contributed by atoms with Gasteiger partial charge in [-0.05, 0) is 12.5 Å². The van der Waals surface area contributed by atoms with Crippen LogP contribution in [0, 0.1) is 0 Å². The first-order valence-electron chi connectivity index (χ1n) is 1.75. The lowest BCUT2D eigenvalue weighted by Crippen LogP contribution is -1.69. The summed E-state index contributed by atoms with van der Waals surface area (Å²) in [5.41, 5.74) is 0.552. The Hall–Kier alpha value is -0.520. The lowest BCUT2D eigenvalue weighted by Gasteiger charge is -1.82. The highest BCUT2D eigenvalue weighted by Crippen LogP contribution is 2.05. The van der Waals surface area contributed by atoms with Crippen LogP contribution in [-0.4, -0.2) is 5.94 Å². The first-order chi connectivity index (χ1) is 3.18. The molecule has 0 fully saturated rings. The SMILES string of the molecule is C=C(C)C(Cl)=C=O. The molecule has 0 aromatic carbocycles. The Kier molecular flexibility index (Phi) is 2.42. The van der Waals surface area contributed by atoms with Gasteiger partial charge >= 0.3 is 0 Å². The van der Waals surface area contributed by atoms with Gasteiger partial charge in [0.1, 0.15) is 11.0 Å². The van der Waals surface area contributed by atoms with Gasteiger partial charge in [0.2, 0.25) is 0 Å². The molecule has 7 heavy (non-hydrogen) atoms. The summed E-state index contributed by atoms with van der Waals surface area (Å²) < 4.78 is 0. The molecule has 1 nitrogen and oxygen atoms in total. The zero-order chi connectivity index (χ0) is 5.86. The summed E-state index contributed by atoms with van der Waals surface area (Å²) >= 11 is 5.19. The molecule has 0 aromatic rings. The topological polar surface area (TPSA) is 17.1 Å². The van der Waals surface area contributed by atoms with E-state index in [1.54, 1.807) is 6.92 Å². The summed E-state index contributed by atoms with van der Waals surface area (Å²) in [4.78, 5) is 9.59. The average Bonchev–Trinajstić information content (AvgIpc) is 1.65. The van der Waals surface area contributed by atoms with Gasteiger partial charge in [-0.2, -0.15) is 0 Å². The second-order valence-electron chi connectivity index (χ2n) is 1.20. The van der Waals surface area contributed by atoms with Gasteiger partial charge in [-0.3, -0.25) is 0 Å². The molecule has 0 N–H and O–H groups in total. The minimum atomic E-state index is 0.0694. The predicted octanol–water partition coefficient (Wildman–Crippen LogP) is 1.52. The summed E-state index contributed by atoms with van der Waals surface area (Å²) in [6.07, 6.45) is 0.